The molecule has 4 nitrogen and oxygen atoms in total. The molecule has 0 saturated carbocycles. The van der Waals surface area contributed by atoms with E-state index in [4.69, 9.17) is 4.74 Å². The highest BCUT2D eigenvalue weighted by molar-refractivity contribution is 6.02. The third-order valence-corrected chi connectivity index (χ3v) is 2.88. The molecule has 1 aromatic carbocycles. The maximum absolute atomic E-state index is 11.2. The maximum atomic E-state index is 11.2. The van der Waals surface area contributed by atoms with Crippen LogP contribution in [0.1, 0.15) is 17.3 Å². The molecule has 1 aromatic heterocycles. The molecule has 0 aliphatic rings. The van der Waals surface area contributed by atoms with Crippen LogP contribution >= 0.6 is 0 Å². The molecule has 2 aromatic rings. The van der Waals surface area contributed by atoms with E-state index in [2.05, 4.69) is 0 Å². The Hall–Kier alpha value is -1.81. The number of carboxylic acid groups (broad SMARTS) is 1. The number of ether oxygens (including phenoxy) is 1. The number of hydrogen-bond donors (Lipinski definition) is 1. The van der Waals surface area contributed by atoms with Crippen molar-refractivity contribution in [1.29, 1.82) is 0 Å². The van der Waals surface area contributed by atoms with Crippen LogP contribution in [-0.2, 0) is 11.3 Å². The fraction of sp³-hybridized carbons (Fsp3) is 0.308. The van der Waals surface area contributed by atoms with Crippen LogP contribution in [0.4, 0.5) is 0 Å². The second-order valence-electron chi connectivity index (χ2n) is 4.06. The largest absolute Gasteiger partial charge is 0.478 e. The summed E-state index contributed by atoms with van der Waals surface area (Å²) in [7, 11) is 1.65. The van der Waals surface area contributed by atoms with Crippen LogP contribution < -0.4 is 0 Å². The smallest absolute Gasteiger partial charge is 0.337 e. The molecule has 0 spiro atoms. The normalized spacial score (nSPS) is 12.8. The third kappa shape index (κ3) is 2.17. The van der Waals surface area contributed by atoms with Crippen LogP contribution in [0, 0.1) is 0 Å². The highest BCUT2D eigenvalue weighted by Crippen LogP contribution is 2.21. The van der Waals surface area contributed by atoms with E-state index in [-0.39, 0.29) is 6.10 Å². The number of nitrogens with zero attached hydrogens (tertiary/aromatic N) is 1. The number of methoxy groups -OCH3 is 1. The topological polar surface area (TPSA) is 51.5 Å². The SMILES string of the molecule is COC(C)Cn1ccc2cccc(C(=O)O)c21. The van der Waals surface area contributed by atoms with Gasteiger partial charge in [-0.3, -0.25) is 0 Å². The highest BCUT2D eigenvalue weighted by Gasteiger charge is 2.13. The molecule has 90 valence electrons. The number of rotatable bonds is 4. The van der Waals surface area contributed by atoms with Crippen molar-refractivity contribution < 1.29 is 14.6 Å². The monoisotopic (exact) mass is 233 g/mol. The molecule has 1 unspecified atom stereocenters. The number of benzene rings is 1. The Morgan fingerprint density at radius 2 is 2.24 bits per heavy atom. The lowest BCUT2D eigenvalue weighted by atomic mass is 10.1. The van der Waals surface area contributed by atoms with E-state index >= 15 is 0 Å². The summed E-state index contributed by atoms with van der Waals surface area (Å²) >= 11 is 0. The van der Waals surface area contributed by atoms with Crippen LogP contribution in [-0.4, -0.2) is 28.9 Å². The zero-order valence-corrected chi connectivity index (χ0v) is 9.88. The van der Waals surface area contributed by atoms with Crippen LogP contribution in [0.25, 0.3) is 10.9 Å². The van der Waals surface area contributed by atoms with Crippen LogP contribution in [0.2, 0.25) is 0 Å². The van der Waals surface area contributed by atoms with Crippen LogP contribution in [0.15, 0.2) is 30.5 Å². The first-order chi connectivity index (χ1) is 8.13. The van der Waals surface area contributed by atoms with Gasteiger partial charge < -0.3 is 14.4 Å². The number of para-hydroxylation sites is 1. The van der Waals surface area contributed by atoms with Crippen molar-refractivity contribution in [3.63, 3.8) is 0 Å². The first-order valence-electron chi connectivity index (χ1n) is 5.47. The second-order valence-corrected chi connectivity index (χ2v) is 4.06. The van der Waals surface area contributed by atoms with Crippen molar-refractivity contribution in [2.24, 2.45) is 0 Å². The molecule has 0 aliphatic carbocycles. The minimum absolute atomic E-state index is 0.0486. The number of carboxylic acids is 1. The molecule has 0 radical (unpaired) electrons. The summed E-state index contributed by atoms with van der Waals surface area (Å²) in [6, 6.07) is 7.22. The molecule has 0 fully saturated rings. The lowest BCUT2D eigenvalue weighted by molar-refractivity contribution is 0.0697. The van der Waals surface area contributed by atoms with Gasteiger partial charge in [0, 0.05) is 25.2 Å². The average Bonchev–Trinajstić information content (AvgIpc) is 2.72. The molecule has 1 atom stereocenters. The van der Waals surface area contributed by atoms with Gasteiger partial charge in [-0.05, 0) is 19.1 Å². The van der Waals surface area contributed by atoms with E-state index in [0.717, 1.165) is 10.9 Å². The fourth-order valence-corrected chi connectivity index (χ4v) is 1.94. The Kier molecular flexibility index (Phi) is 3.15. The first kappa shape index (κ1) is 11.7. The van der Waals surface area contributed by atoms with Crippen molar-refractivity contribution in [2.75, 3.05) is 7.11 Å². The number of fused-ring (bicyclic) bond motifs is 1. The van der Waals surface area contributed by atoms with Crippen molar-refractivity contribution in [3.05, 3.63) is 36.0 Å². The predicted octanol–water partition coefficient (Wildman–Crippen LogP) is 2.37. The van der Waals surface area contributed by atoms with Crippen molar-refractivity contribution in [1.82, 2.24) is 4.57 Å². The number of hydrogen-bond acceptors (Lipinski definition) is 2. The lowest BCUT2D eigenvalue weighted by Gasteiger charge is -2.12. The van der Waals surface area contributed by atoms with E-state index in [0.29, 0.717) is 12.1 Å². The van der Waals surface area contributed by atoms with Crippen molar-refractivity contribution >= 4 is 16.9 Å². The molecule has 17 heavy (non-hydrogen) atoms. The number of aromatic carboxylic acids is 1. The third-order valence-electron chi connectivity index (χ3n) is 2.88. The average molecular weight is 233 g/mol. The van der Waals surface area contributed by atoms with E-state index in [9.17, 15) is 9.90 Å². The molecule has 0 saturated heterocycles. The standard InChI is InChI=1S/C13H15NO3/c1-9(17-2)8-14-7-6-10-4-3-5-11(12(10)14)13(15)16/h3-7,9H,8H2,1-2H3,(H,15,16). The van der Waals surface area contributed by atoms with Crippen LogP contribution in [0.5, 0.6) is 0 Å². The van der Waals surface area contributed by atoms with Gasteiger partial charge in [-0.2, -0.15) is 0 Å². The molecule has 1 heterocycles. The number of carbonyl (C=O) groups is 1. The predicted molar refractivity (Wildman–Crippen MR) is 65.4 cm³/mol. The molecular weight excluding hydrogens is 218 g/mol. The number of aromatic nitrogens is 1. The van der Waals surface area contributed by atoms with Crippen LogP contribution in [0.3, 0.4) is 0 Å². The van der Waals surface area contributed by atoms with Gasteiger partial charge in [0.1, 0.15) is 0 Å². The van der Waals surface area contributed by atoms with E-state index in [1.165, 1.54) is 0 Å². The van der Waals surface area contributed by atoms with E-state index in [1.54, 1.807) is 19.2 Å². The summed E-state index contributed by atoms with van der Waals surface area (Å²) in [5.74, 6) is -0.902. The summed E-state index contributed by atoms with van der Waals surface area (Å²) in [6.07, 6.45) is 1.94. The Morgan fingerprint density at radius 1 is 1.47 bits per heavy atom. The van der Waals surface area contributed by atoms with Gasteiger partial charge in [0.25, 0.3) is 0 Å². The summed E-state index contributed by atoms with van der Waals surface area (Å²) in [4.78, 5) is 11.2. The maximum Gasteiger partial charge on any atom is 0.337 e. The van der Waals surface area contributed by atoms with E-state index < -0.39 is 5.97 Å². The summed E-state index contributed by atoms with van der Waals surface area (Å²) < 4.78 is 7.13. The van der Waals surface area contributed by atoms with Gasteiger partial charge in [-0.1, -0.05) is 12.1 Å². The molecule has 0 amide bonds. The van der Waals surface area contributed by atoms with Gasteiger partial charge in [-0.25, -0.2) is 4.79 Å². The minimum atomic E-state index is -0.902. The zero-order valence-electron chi connectivity index (χ0n) is 9.88. The molecular formula is C13H15NO3. The minimum Gasteiger partial charge on any atom is -0.478 e. The molecule has 1 N–H and O–H groups in total. The molecule has 2 rings (SSSR count). The fourth-order valence-electron chi connectivity index (χ4n) is 1.94. The quantitative estimate of drug-likeness (QED) is 0.882. The molecule has 0 aliphatic heterocycles. The van der Waals surface area contributed by atoms with Gasteiger partial charge in [-0.15, -0.1) is 0 Å². The van der Waals surface area contributed by atoms with Gasteiger partial charge in [0.2, 0.25) is 0 Å². The Morgan fingerprint density at radius 3 is 2.88 bits per heavy atom. The molecule has 4 heteroatoms. The Balaban J connectivity index is 2.53. The second kappa shape index (κ2) is 4.59. The van der Waals surface area contributed by atoms with Crippen molar-refractivity contribution in [2.45, 2.75) is 19.6 Å². The lowest BCUT2D eigenvalue weighted by Crippen LogP contribution is -2.14. The summed E-state index contributed by atoms with van der Waals surface area (Å²) in [5, 5.41) is 10.1. The highest BCUT2D eigenvalue weighted by atomic mass is 16.5. The summed E-state index contributed by atoms with van der Waals surface area (Å²) in [6.45, 7) is 2.60. The van der Waals surface area contributed by atoms with Crippen molar-refractivity contribution in [3.8, 4) is 0 Å². The van der Waals surface area contributed by atoms with Gasteiger partial charge >= 0.3 is 5.97 Å². The van der Waals surface area contributed by atoms with E-state index in [1.807, 2.05) is 29.8 Å². The zero-order chi connectivity index (χ0) is 12.4. The van der Waals surface area contributed by atoms with Gasteiger partial charge in [0.15, 0.2) is 0 Å². The molecule has 0 bridgehead atoms. The summed E-state index contributed by atoms with van der Waals surface area (Å²) in [5.41, 5.74) is 1.08. The van der Waals surface area contributed by atoms with Gasteiger partial charge in [0.05, 0.1) is 17.2 Å². The Labute approximate surface area is 99.4 Å². The first-order valence-corrected chi connectivity index (χ1v) is 5.47. The Bertz CT molecular complexity index is 545.